The standard InChI is InChI=1S/C35H34N4O3.C31H28N2O3.CH4/c40-33(27-9-7-11-29(25-27)34(41)38-21-17-36(18-22-38)31-13-3-1-4-14-31)28-10-8-12-30(26-28)35(42)39-23-19-37(20-24-39)32-15-5-2-6-16-32;34-29(25-13-7-15-27(21-25)30(35)32-19-17-23-9-3-1-4-10-23)26-14-8-16-28(22-26)31(36)33-20-18-24-11-5-2-6-12-24;/h1-16,25-26H,17-24H2;1-16,21-22H,17-20H2,(H,32,35)(H,33,36);1H4. The van der Waals surface area contributed by atoms with Crippen LogP contribution in [0.25, 0.3) is 0 Å². The number of carbonyl (C=O) groups excluding carboxylic acids is 6. The third-order valence-corrected chi connectivity index (χ3v) is 14.0. The van der Waals surface area contributed by atoms with E-state index in [-0.39, 0.29) is 42.6 Å². The highest BCUT2D eigenvalue weighted by molar-refractivity contribution is 6.12. The van der Waals surface area contributed by atoms with Crippen LogP contribution in [0.4, 0.5) is 11.4 Å². The summed E-state index contributed by atoms with van der Waals surface area (Å²) in [6, 6.07) is 67.4. The number of amides is 4. The van der Waals surface area contributed by atoms with E-state index in [1.165, 1.54) is 0 Å². The van der Waals surface area contributed by atoms with Crippen LogP contribution in [0.2, 0.25) is 0 Å². The van der Waals surface area contributed by atoms with Crippen molar-refractivity contribution in [2.24, 2.45) is 0 Å². The number of hydrogen-bond acceptors (Lipinski definition) is 8. The summed E-state index contributed by atoms with van der Waals surface area (Å²) >= 11 is 0. The first-order valence-corrected chi connectivity index (χ1v) is 26.5. The molecule has 2 aliphatic heterocycles. The van der Waals surface area contributed by atoms with Crippen molar-refractivity contribution in [3.05, 3.63) is 274 Å². The third kappa shape index (κ3) is 15.0. The molecular formula is C67H66N6O6. The second-order valence-electron chi connectivity index (χ2n) is 19.2. The molecule has 0 atom stereocenters. The first-order valence-electron chi connectivity index (χ1n) is 26.5. The second-order valence-corrected chi connectivity index (χ2v) is 19.2. The van der Waals surface area contributed by atoms with Crippen molar-refractivity contribution in [2.45, 2.75) is 20.3 Å². The molecule has 0 spiro atoms. The van der Waals surface area contributed by atoms with Crippen LogP contribution >= 0.6 is 0 Å². The molecule has 0 aliphatic carbocycles. The normalized spacial score (nSPS) is 13.0. The average molecular weight is 1050 g/mol. The monoisotopic (exact) mass is 1050 g/mol. The van der Waals surface area contributed by atoms with Gasteiger partial charge in [0, 0.05) is 121 Å². The van der Waals surface area contributed by atoms with E-state index in [0.29, 0.717) is 83.8 Å². The second kappa shape index (κ2) is 27.6. The number of anilines is 2. The summed E-state index contributed by atoms with van der Waals surface area (Å²) in [5.74, 6) is -1.05. The molecule has 2 aliphatic rings. The van der Waals surface area contributed by atoms with Gasteiger partial charge in [-0.25, -0.2) is 0 Å². The van der Waals surface area contributed by atoms with Crippen molar-refractivity contribution in [1.29, 1.82) is 0 Å². The Balaban J connectivity index is 0.000000208. The number of nitrogens with one attached hydrogen (secondary N) is 2. The highest BCUT2D eigenvalue weighted by Crippen LogP contribution is 2.22. The smallest absolute Gasteiger partial charge is 0.253 e. The van der Waals surface area contributed by atoms with Crippen LogP contribution < -0.4 is 20.4 Å². The van der Waals surface area contributed by atoms with E-state index >= 15 is 0 Å². The molecule has 2 fully saturated rings. The third-order valence-electron chi connectivity index (χ3n) is 14.0. The molecule has 0 aromatic heterocycles. The largest absolute Gasteiger partial charge is 0.368 e. The van der Waals surface area contributed by atoms with Crippen LogP contribution in [0.3, 0.4) is 0 Å². The molecule has 8 aromatic rings. The molecular weight excluding hydrogens is 985 g/mol. The molecule has 10 rings (SSSR count). The molecule has 2 heterocycles. The SMILES string of the molecule is C.O=C(NCCc1ccccc1)c1cccc(C(=O)c2cccc(C(=O)NCCc3ccccc3)c2)c1.O=C(c1cccc(C(=O)N2CCN(c3ccccc3)CC2)c1)c1cccc(C(=O)N2CCN(c3ccccc3)CC2)c1. The lowest BCUT2D eigenvalue weighted by molar-refractivity contribution is 0.0739. The van der Waals surface area contributed by atoms with E-state index < -0.39 is 0 Å². The van der Waals surface area contributed by atoms with Crippen LogP contribution in [-0.2, 0) is 12.8 Å². The number of rotatable bonds is 16. The number of benzene rings is 8. The zero-order chi connectivity index (χ0) is 54.1. The summed E-state index contributed by atoms with van der Waals surface area (Å²) < 4.78 is 0. The van der Waals surface area contributed by atoms with Gasteiger partial charge in [-0.05, 0) is 96.8 Å². The molecule has 79 heavy (non-hydrogen) atoms. The van der Waals surface area contributed by atoms with Gasteiger partial charge in [0.15, 0.2) is 11.6 Å². The summed E-state index contributed by atoms with van der Waals surface area (Å²) in [7, 11) is 0. The van der Waals surface area contributed by atoms with Gasteiger partial charge in [0.2, 0.25) is 0 Å². The van der Waals surface area contributed by atoms with Crippen molar-refractivity contribution in [2.75, 3.05) is 75.2 Å². The van der Waals surface area contributed by atoms with Gasteiger partial charge in [-0.15, -0.1) is 0 Å². The van der Waals surface area contributed by atoms with Gasteiger partial charge < -0.3 is 30.2 Å². The predicted molar refractivity (Wildman–Crippen MR) is 313 cm³/mol. The number of para-hydroxylation sites is 2. The minimum absolute atomic E-state index is 0. The Morgan fingerprint density at radius 2 is 0.595 bits per heavy atom. The van der Waals surface area contributed by atoms with Crippen LogP contribution in [0, 0.1) is 0 Å². The lowest BCUT2D eigenvalue weighted by Gasteiger charge is -2.36. The maximum atomic E-state index is 13.5. The van der Waals surface area contributed by atoms with Crippen LogP contribution in [0.15, 0.2) is 218 Å². The van der Waals surface area contributed by atoms with E-state index in [1.54, 1.807) is 97.1 Å². The molecule has 0 bridgehead atoms. The average Bonchev–Trinajstić information content (AvgIpc) is 3.52. The number of hydrogen-bond donors (Lipinski definition) is 2. The van der Waals surface area contributed by atoms with E-state index in [9.17, 15) is 28.8 Å². The van der Waals surface area contributed by atoms with E-state index in [4.69, 9.17) is 0 Å². The number of carbonyl (C=O) groups is 6. The zero-order valence-corrected chi connectivity index (χ0v) is 43.5. The van der Waals surface area contributed by atoms with Crippen molar-refractivity contribution >= 4 is 46.6 Å². The predicted octanol–water partition coefficient (Wildman–Crippen LogP) is 10.3. The van der Waals surface area contributed by atoms with Crippen LogP contribution in [0.5, 0.6) is 0 Å². The van der Waals surface area contributed by atoms with Crippen molar-refractivity contribution in [3.8, 4) is 0 Å². The van der Waals surface area contributed by atoms with Gasteiger partial charge >= 0.3 is 0 Å². The zero-order valence-electron chi connectivity index (χ0n) is 43.5. The van der Waals surface area contributed by atoms with Crippen molar-refractivity contribution < 1.29 is 28.8 Å². The van der Waals surface area contributed by atoms with Gasteiger partial charge in [0.05, 0.1) is 0 Å². The van der Waals surface area contributed by atoms with Gasteiger partial charge in [-0.2, -0.15) is 0 Å². The molecule has 400 valence electrons. The molecule has 0 unspecified atom stereocenters. The molecule has 2 saturated heterocycles. The Morgan fingerprint density at radius 3 is 0.924 bits per heavy atom. The van der Waals surface area contributed by atoms with Gasteiger partial charge in [-0.3, -0.25) is 28.8 Å². The Labute approximate surface area is 463 Å². The maximum Gasteiger partial charge on any atom is 0.253 e. The number of piperazine rings is 2. The minimum atomic E-state index is -0.243. The topological polar surface area (TPSA) is 139 Å². The molecule has 4 amide bonds. The molecule has 0 radical (unpaired) electrons. The Kier molecular flexibility index (Phi) is 19.5. The van der Waals surface area contributed by atoms with Gasteiger partial charge in [-0.1, -0.05) is 153 Å². The first-order chi connectivity index (χ1) is 38.2. The fourth-order valence-corrected chi connectivity index (χ4v) is 9.64. The fraction of sp³-hybridized carbons (Fsp3) is 0.194. The Morgan fingerprint density at radius 1 is 0.316 bits per heavy atom. The lowest BCUT2D eigenvalue weighted by Crippen LogP contribution is -2.48. The van der Waals surface area contributed by atoms with Crippen LogP contribution in [-0.4, -0.2) is 110 Å². The quantitative estimate of drug-likeness (QED) is 0.0913. The summed E-state index contributed by atoms with van der Waals surface area (Å²) in [6.07, 6.45) is 1.46. The van der Waals surface area contributed by atoms with Crippen molar-refractivity contribution in [3.63, 3.8) is 0 Å². The minimum Gasteiger partial charge on any atom is -0.368 e. The van der Waals surface area contributed by atoms with Crippen LogP contribution in [0.1, 0.15) is 91.8 Å². The summed E-state index contributed by atoms with van der Waals surface area (Å²) in [5, 5.41) is 5.81. The Hall–Kier alpha value is -9.42. The maximum absolute atomic E-state index is 13.5. The first kappa shape index (κ1) is 55.8. The summed E-state index contributed by atoms with van der Waals surface area (Å²) in [6.45, 7) is 6.53. The van der Waals surface area contributed by atoms with E-state index in [0.717, 1.165) is 61.5 Å². The highest BCUT2D eigenvalue weighted by atomic mass is 16.2. The molecule has 0 saturated carbocycles. The van der Waals surface area contributed by atoms with Crippen molar-refractivity contribution in [1.82, 2.24) is 20.4 Å². The van der Waals surface area contributed by atoms with E-state index in [1.807, 2.05) is 107 Å². The number of nitrogens with zero attached hydrogens (tertiary/aromatic N) is 4. The highest BCUT2D eigenvalue weighted by Gasteiger charge is 2.26. The van der Waals surface area contributed by atoms with E-state index in [2.05, 4.69) is 44.7 Å². The fourth-order valence-electron chi connectivity index (χ4n) is 9.64. The Bertz CT molecular complexity index is 3120. The number of ketones is 2. The molecule has 2 N–H and O–H groups in total. The summed E-state index contributed by atoms with van der Waals surface area (Å²) in [5.41, 5.74) is 8.10. The van der Waals surface area contributed by atoms with Gasteiger partial charge in [0.25, 0.3) is 23.6 Å². The summed E-state index contributed by atoms with van der Waals surface area (Å²) in [4.78, 5) is 86.8. The lowest BCUT2D eigenvalue weighted by atomic mass is 9.99. The molecule has 12 heteroatoms. The molecule has 8 aromatic carbocycles. The van der Waals surface area contributed by atoms with Gasteiger partial charge in [0.1, 0.15) is 0 Å². The molecule has 12 nitrogen and oxygen atoms in total.